The van der Waals surface area contributed by atoms with Crippen molar-refractivity contribution in [3.63, 3.8) is 0 Å². The maximum atomic E-state index is 13.0. The molecule has 3 aromatic rings. The van der Waals surface area contributed by atoms with Crippen molar-refractivity contribution in [2.75, 3.05) is 13.2 Å². The van der Waals surface area contributed by atoms with Crippen LogP contribution >= 0.6 is 0 Å². The molecule has 28 heavy (non-hydrogen) atoms. The lowest BCUT2D eigenvalue weighted by molar-refractivity contribution is 0.0859. The molecule has 1 aliphatic heterocycles. The molecule has 3 heterocycles. The lowest BCUT2D eigenvalue weighted by atomic mass is 10.0. The fourth-order valence-electron chi connectivity index (χ4n) is 3.56. The second-order valence-corrected chi connectivity index (χ2v) is 7.69. The largest absolute Gasteiger partial charge is 0.376 e. The number of rotatable bonds is 5. The van der Waals surface area contributed by atoms with Crippen LogP contribution in [0.4, 0.5) is 0 Å². The van der Waals surface area contributed by atoms with E-state index in [0.29, 0.717) is 12.1 Å². The first kappa shape index (κ1) is 18.6. The van der Waals surface area contributed by atoms with Crippen LogP contribution in [0, 0.1) is 6.92 Å². The van der Waals surface area contributed by atoms with Crippen LogP contribution in [-0.2, 0) is 4.74 Å². The Hall–Kier alpha value is -2.73. The topological polar surface area (TPSA) is 69.0 Å². The lowest BCUT2D eigenvalue weighted by Crippen LogP contribution is -2.31. The number of nitrogens with one attached hydrogen (secondary N) is 1. The molecule has 0 saturated carbocycles. The maximum absolute atomic E-state index is 13.0. The summed E-state index contributed by atoms with van der Waals surface area (Å²) in [6, 6.07) is 10.2. The van der Waals surface area contributed by atoms with Gasteiger partial charge in [0.1, 0.15) is 0 Å². The zero-order chi connectivity index (χ0) is 19.7. The van der Waals surface area contributed by atoms with E-state index in [9.17, 15) is 4.79 Å². The van der Waals surface area contributed by atoms with Crippen LogP contribution < -0.4 is 5.32 Å². The van der Waals surface area contributed by atoms with Gasteiger partial charge in [0.05, 0.1) is 28.9 Å². The fraction of sp³-hybridized carbons (Fsp3) is 0.409. The Morgan fingerprint density at radius 1 is 1.32 bits per heavy atom. The molecule has 4 rings (SSSR count). The Balaban J connectivity index is 1.74. The van der Waals surface area contributed by atoms with Crippen molar-refractivity contribution >= 4 is 16.9 Å². The molecule has 6 heteroatoms. The molecule has 1 unspecified atom stereocenters. The van der Waals surface area contributed by atoms with E-state index in [1.165, 1.54) is 5.56 Å². The van der Waals surface area contributed by atoms with Crippen LogP contribution in [-0.4, -0.2) is 39.9 Å². The van der Waals surface area contributed by atoms with E-state index in [1.807, 2.05) is 22.9 Å². The summed E-state index contributed by atoms with van der Waals surface area (Å²) in [6.45, 7) is 7.48. The van der Waals surface area contributed by atoms with Gasteiger partial charge in [-0.3, -0.25) is 4.79 Å². The number of carbonyl (C=O) groups is 1. The second kappa shape index (κ2) is 7.72. The van der Waals surface area contributed by atoms with Gasteiger partial charge in [0.15, 0.2) is 5.65 Å². The monoisotopic (exact) mass is 378 g/mol. The van der Waals surface area contributed by atoms with Gasteiger partial charge in [-0.15, -0.1) is 0 Å². The van der Waals surface area contributed by atoms with Gasteiger partial charge in [0.2, 0.25) is 0 Å². The average Bonchev–Trinajstić information content (AvgIpc) is 3.35. The normalized spacial score (nSPS) is 16.8. The average molecular weight is 378 g/mol. The molecular weight excluding hydrogens is 352 g/mol. The molecule has 6 nitrogen and oxygen atoms in total. The van der Waals surface area contributed by atoms with Crippen molar-refractivity contribution in [2.24, 2.45) is 0 Å². The molecule has 0 bridgehead atoms. The summed E-state index contributed by atoms with van der Waals surface area (Å²) < 4.78 is 7.49. The van der Waals surface area contributed by atoms with E-state index in [2.05, 4.69) is 43.3 Å². The quantitative estimate of drug-likeness (QED) is 0.731. The van der Waals surface area contributed by atoms with Gasteiger partial charge in [-0.05, 0) is 39.7 Å². The standard InChI is InChI=1S/C22H26N4O2/c1-14(2)26-21-19(13-24-26)18(22(27)23-12-17-5-4-10-28-17)11-20(25-21)16-8-6-15(3)7-9-16/h6-9,11,13-14,17H,4-5,10,12H2,1-3H3,(H,23,27). The van der Waals surface area contributed by atoms with Crippen molar-refractivity contribution in [3.8, 4) is 11.3 Å². The number of pyridine rings is 1. The predicted molar refractivity (Wildman–Crippen MR) is 109 cm³/mol. The molecule has 0 radical (unpaired) electrons. The van der Waals surface area contributed by atoms with Gasteiger partial charge in [0, 0.05) is 24.8 Å². The summed E-state index contributed by atoms with van der Waals surface area (Å²) in [5.74, 6) is -0.112. The minimum absolute atomic E-state index is 0.108. The summed E-state index contributed by atoms with van der Waals surface area (Å²) in [6.07, 6.45) is 3.89. The van der Waals surface area contributed by atoms with Crippen molar-refractivity contribution < 1.29 is 9.53 Å². The summed E-state index contributed by atoms with van der Waals surface area (Å²) in [5, 5.41) is 8.28. The van der Waals surface area contributed by atoms with E-state index in [1.54, 1.807) is 6.20 Å². The zero-order valence-electron chi connectivity index (χ0n) is 16.6. The SMILES string of the molecule is Cc1ccc(-c2cc(C(=O)NCC3CCCO3)c3cnn(C(C)C)c3n2)cc1. The van der Waals surface area contributed by atoms with Gasteiger partial charge in [-0.1, -0.05) is 29.8 Å². The number of nitrogens with zero attached hydrogens (tertiary/aromatic N) is 3. The number of hydrogen-bond donors (Lipinski definition) is 1. The van der Waals surface area contributed by atoms with Crippen LogP contribution in [0.5, 0.6) is 0 Å². The first-order chi connectivity index (χ1) is 13.5. The summed E-state index contributed by atoms with van der Waals surface area (Å²) in [4.78, 5) is 17.8. The van der Waals surface area contributed by atoms with E-state index in [0.717, 1.165) is 41.7 Å². The molecule has 1 amide bonds. The third-order valence-corrected chi connectivity index (χ3v) is 5.16. The summed E-state index contributed by atoms with van der Waals surface area (Å²) >= 11 is 0. The van der Waals surface area contributed by atoms with E-state index >= 15 is 0 Å². The molecule has 146 valence electrons. The first-order valence-corrected chi connectivity index (χ1v) is 9.88. The van der Waals surface area contributed by atoms with Gasteiger partial charge in [-0.2, -0.15) is 5.10 Å². The maximum Gasteiger partial charge on any atom is 0.252 e. The highest BCUT2D eigenvalue weighted by molar-refractivity contribution is 6.06. The highest BCUT2D eigenvalue weighted by atomic mass is 16.5. The molecule has 1 aromatic carbocycles. The minimum atomic E-state index is -0.112. The number of fused-ring (bicyclic) bond motifs is 1. The van der Waals surface area contributed by atoms with Crippen LogP contribution in [0.25, 0.3) is 22.3 Å². The van der Waals surface area contributed by atoms with E-state index < -0.39 is 0 Å². The number of benzene rings is 1. The summed E-state index contributed by atoms with van der Waals surface area (Å²) in [7, 11) is 0. The third-order valence-electron chi connectivity index (χ3n) is 5.16. The van der Waals surface area contributed by atoms with Crippen LogP contribution in [0.2, 0.25) is 0 Å². The molecule has 1 atom stereocenters. The molecule has 1 N–H and O–H groups in total. The number of aryl methyl sites for hydroxylation is 1. The van der Waals surface area contributed by atoms with Crippen LogP contribution in [0.3, 0.4) is 0 Å². The van der Waals surface area contributed by atoms with Crippen molar-refractivity contribution in [2.45, 2.75) is 45.8 Å². The second-order valence-electron chi connectivity index (χ2n) is 7.69. The highest BCUT2D eigenvalue weighted by Crippen LogP contribution is 2.26. The van der Waals surface area contributed by atoms with Gasteiger partial charge < -0.3 is 10.1 Å². The molecule has 0 aliphatic carbocycles. The minimum Gasteiger partial charge on any atom is -0.376 e. The molecule has 2 aromatic heterocycles. The predicted octanol–water partition coefficient (Wildman–Crippen LogP) is 3.90. The highest BCUT2D eigenvalue weighted by Gasteiger charge is 2.21. The Labute approximate surface area is 164 Å². The Morgan fingerprint density at radius 2 is 2.11 bits per heavy atom. The molecular formula is C22H26N4O2. The number of amides is 1. The van der Waals surface area contributed by atoms with Gasteiger partial charge >= 0.3 is 0 Å². The van der Waals surface area contributed by atoms with Crippen LogP contribution in [0.15, 0.2) is 36.5 Å². The van der Waals surface area contributed by atoms with E-state index in [4.69, 9.17) is 9.72 Å². The van der Waals surface area contributed by atoms with Crippen molar-refractivity contribution in [1.29, 1.82) is 0 Å². The number of ether oxygens (including phenoxy) is 1. The van der Waals surface area contributed by atoms with Gasteiger partial charge in [-0.25, -0.2) is 9.67 Å². The Bertz CT molecular complexity index is 986. The molecule has 1 fully saturated rings. The molecule has 1 aliphatic rings. The van der Waals surface area contributed by atoms with Crippen molar-refractivity contribution in [1.82, 2.24) is 20.1 Å². The Kier molecular flexibility index (Phi) is 5.13. The van der Waals surface area contributed by atoms with Crippen molar-refractivity contribution in [3.05, 3.63) is 47.7 Å². The van der Waals surface area contributed by atoms with Gasteiger partial charge in [0.25, 0.3) is 5.91 Å². The third kappa shape index (κ3) is 3.64. The zero-order valence-corrected chi connectivity index (χ0v) is 16.6. The molecule has 1 saturated heterocycles. The fourth-order valence-corrected chi connectivity index (χ4v) is 3.56. The van der Waals surface area contributed by atoms with E-state index in [-0.39, 0.29) is 18.1 Å². The number of hydrogen-bond acceptors (Lipinski definition) is 4. The first-order valence-electron chi connectivity index (χ1n) is 9.88. The van der Waals surface area contributed by atoms with Crippen LogP contribution in [0.1, 0.15) is 48.7 Å². The smallest absolute Gasteiger partial charge is 0.252 e. The lowest BCUT2D eigenvalue weighted by Gasteiger charge is -2.13. The number of carbonyl (C=O) groups excluding carboxylic acids is 1. The number of aromatic nitrogens is 3. The Morgan fingerprint density at radius 3 is 2.79 bits per heavy atom. The molecule has 0 spiro atoms. The summed E-state index contributed by atoms with van der Waals surface area (Å²) in [5.41, 5.74) is 4.28.